The van der Waals surface area contributed by atoms with Crippen LogP contribution in [0, 0.1) is 0 Å². The van der Waals surface area contributed by atoms with Crippen molar-refractivity contribution < 1.29 is 9.84 Å². The summed E-state index contributed by atoms with van der Waals surface area (Å²) in [5.74, 6) is 0. The molecule has 0 saturated carbocycles. The van der Waals surface area contributed by atoms with Crippen LogP contribution < -0.4 is 0 Å². The zero-order valence-electron chi connectivity index (χ0n) is 8.46. The third-order valence-electron chi connectivity index (χ3n) is 2.04. The van der Waals surface area contributed by atoms with Crippen molar-refractivity contribution in [3.63, 3.8) is 0 Å². The standard InChI is InChI=1S/C11H15BrO2/c1-3-14-8-11(2,13)9-6-4-5-7-10(9)12/h4-7,13H,3,8H2,1-2H3. The van der Waals surface area contributed by atoms with Gasteiger partial charge < -0.3 is 9.84 Å². The molecule has 1 N–H and O–H groups in total. The maximum atomic E-state index is 10.1. The average molecular weight is 259 g/mol. The molecule has 78 valence electrons. The van der Waals surface area contributed by atoms with Gasteiger partial charge in [-0.2, -0.15) is 0 Å². The Balaban J connectivity index is 2.86. The van der Waals surface area contributed by atoms with Crippen molar-refractivity contribution in [1.82, 2.24) is 0 Å². The zero-order chi connectivity index (χ0) is 10.6. The first-order chi connectivity index (χ1) is 6.58. The highest BCUT2D eigenvalue weighted by molar-refractivity contribution is 9.10. The number of rotatable bonds is 4. The van der Waals surface area contributed by atoms with E-state index in [0.29, 0.717) is 13.2 Å². The van der Waals surface area contributed by atoms with Crippen LogP contribution in [0.2, 0.25) is 0 Å². The lowest BCUT2D eigenvalue weighted by atomic mass is 9.97. The van der Waals surface area contributed by atoms with Crippen molar-refractivity contribution in [2.24, 2.45) is 0 Å². The maximum Gasteiger partial charge on any atom is 0.111 e. The van der Waals surface area contributed by atoms with E-state index in [9.17, 15) is 5.11 Å². The summed E-state index contributed by atoms with van der Waals surface area (Å²) in [7, 11) is 0. The Hall–Kier alpha value is -0.380. The molecule has 1 rings (SSSR count). The Bertz CT molecular complexity index is 297. The Morgan fingerprint density at radius 3 is 2.64 bits per heavy atom. The molecule has 1 unspecified atom stereocenters. The van der Waals surface area contributed by atoms with Crippen LogP contribution in [0.1, 0.15) is 19.4 Å². The van der Waals surface area contributed by atoms with Crippen LogP contribution in [-0.2, 0) is 10.3 Å². The van der Waals surface area contributed by atoms with Crippen LogP contribution in [0.4, 0.5) is 0 Å². The van der Waals surface area contributed by atoms with Gasteiger partial charge in [-0.3, -0.25) is 0 Å². The number of hydrogen-bond acceptors (Lipinski definition) is 2. The van der Waals surface area contributed by atoms with Gasteiger partial charge in [0.1, 0.15) is 5.60 Å². The third-order valence-corrected chi connectivity index (χ3v) is 2.73. The fourth-order valence-electron chi connectivity index (χ4n) is 1.28. The predicted molar refractivity (Wildman–Crippen MR) is 60.2 cm³/mol. The molecule has 1 aromatic carbocycles. The van der Waals surface area contributed by atoms with Gasteiger partial charge in [0.2, 0.25) is 0 Å². The van der Waals surface area contributed by atoms with Gasteiger partial charge in [-0.1, -0.05) is 34.1 Å². The summed E-state index contributed by atoms with van der Waals surface area (Å²) in [6, 6.07) is 7.63. The fourth-order valence-corrected chi connectivity index (χ4v) is 1.99. The Morgan fingerprint density at radius 2 is 2.07 bits per heavy atom. The summed E-state index contributed by atoms with van der Waals surface area (Å²) in [6.07, 6.45) is 0. The quantitative estimate of drug-likeness (QED) is 0.900. The van der Waals surface area contributed by atoms with Crippen molar-refractivity contribution in [3.8, 4) is 0 Å². The first kappa shape index (κ1) is 11.7. The second kappa shape index (κ2) is 4.91. The molecule has 0 heterocycles. The van der Waals surface area contributed by atoms with Gasteiger partial charge in [0.05, 0.1) is 6.61 Å². The smallest absolute Gasteiger partial charge is 0.111 e. The summed E-state index contributed by atoms with van der Waals surface area (Å²) < 4.78 is 6.14. The third kappa shape index (κ3) is 2.80. The van der Waals surface area contributed by atoms with Crippen molar-refractivity contribution in [3.05, 3.63) is 34.3 Å². The molecule has 3 heteroatoms. The SMILES string of the molecule is CCOCC(C)(O)c1ccccc1Br. The van der Waals surface area contributed by atoms with E-state index in [1.807, 2.05) is 31.2 Å². The van der Waals surface area contributed by atoms with Crippen LogP contribution >= 0.6 is 15.9 Å². The molecule has 0 fully saturated rings. The normalized spacial score (nSPS) is 15.1. The highest BCUT2D eigenvalue weighted by atomic mass is 79.9. The Kier molecular flexibility index (Phi) is 4.11. The van der Waals surface area contributed by atoms with Crippen LogP contribution in [0.3, 0.4) is 0 Å². The number of hydrogen-bond donors (Lipinski definition) is 1. The van der Waals surface area contributed by atoms with E-state index in [1.54, 1.807) is 6.92 Å². The van der Waals surface area contributed by atoms with Gasteiger partial charge in [-0.25, -0.2) is 0 Å². The van der Waals surface area contributed by atoms with Crippen LogP contribution in [0.25, 0.3) is 0 Å². The van der Waals surface area contributed by atoms with Gasteiger partial charge in [0.15, 0.2) is 0 Å². The molecule has 14 heavy (non-hydrogen) atoms. The molecule has 0 radical (unpaired) electrons. The lowest BCUT2D eigenvalue weighted by molar-refractivity contribution is -0.0348. The molecule has 0 aromatic heterocycles. The van der Waals surface area contributed by atoms with Gasteiger partial charge in [-0.15, -0.1) is 0 Å². The summed E-state index contributed by atoms with van der Waals surface area (Å²) in [6.45, 7) is 4.59. The number of aliphatic hydroxyl groups is 1. The average Bonchev–Trinajstić information content (AvgIpc) is 2.15. The molecule has 0 aliphatic rings. The largest absolute Gasteiger partial charge is 0.383 e. The minimum Gasteiger partial charge on any atom is -0.383 e. The molecular weight excluding hydrogens is 244 g/mol. The van der Waals surface area contributed by atoms with Gasteiger partial charge in [-0.05, 0) is 25.5 Å². The zero-order valence-corrected chi connectivity index (χ0v) is 10.0. The monoisotopic (exact) mass is 258 g/mol. The van der Waals surface area contributed by atoms with E-state index in [-0.39, 0.29) is 0 Å². The number of benzene rings is 1. The Labute approximate surface area is 93.0 Å². The molecule has 0 bridgehead atoms. The highest BCUT2D eigenvalue weighted by Gasteiger charge is 2.25. The maximum absolute atomic E-state index is 10.1. The van der Waals surface area contributed by atoms with Crippen LogP contribution in [-0.4, -0.2) is 18.3 Å². The number of halogens is 1. The lowest BCUT2D eigenvalue weighted by Crippen LogP contribution is -2.28. The van der Waals surface area contributed by atoms with Crippen molar-refractivity contribution in [1.29, 1.82) is 0 Å². The Morgan fingerprint density at radius 1 is 1.43 bits per heavy atom. The van der Waals surface area contributed by atoms with Gasteiger partial charge >= 0.3 is 0 Å². The first-order valence-electron chi connectivity index (χ1n) is 4.63. The second-order valence-electron chi connectivity index (χ2n) is 3.39. The van der Waals surface area contributed by atoms with Crippen LogP contribution in [0.5, 0.6) is 0 Å². The molecule has 0 saturated heterocycles. The van der Waals surface area contributed by atoms with E-state index < -0.39 is 5.60 Å². The molecule has 0 aliphatic heterocycles. The van der Waals surface area contributed by atoms with Crippen LogP contribution in [0.15, 0.2) is 28.7 Å². The van der Waals surface area contributed by atoms with E-state index in [2.05, 4.69) is 15.9 Å². The molecular formula is C11H15BrO2. The minimum absolute atomic E-state index is 0.312. The molecule has 0 amide bonds. The minimum atomic E-state index is -0.934. The van der Waals surface area contributed by atoms with Crippen molar-refractivity contribution >= 4 is 15.9 Å². The highest BCUT2D eigenvalue weighted by Crippen LogP contribution is 2.28. The van der Waals surface area contributed by atoms with Gasteiger partial charge in [0.25, 0.3) is 0 Å². The van der Waals surface area contributed by atoms with E-state index in [1.165, 1.54) is 0 Å². The predicted octanol–water partition coefficient (Wildman–Crippen LogP) is 2.69. The van der Waals surface area contributed by atoms with Crippen molar-refractivity contribution in [2.75, 3.05) is 13.2 Å². The van der Waals surface area contributed by atoms with Gasteiger partial charge in [0, 0.05) is 11.1 Å². The van der Waals surface area contributed by atoms with E-state index >= 15 is 0 Å². The second-order valence-corrected chi connectivity index (χ2v) is 4.25. The summed E-state index contributed by atoms with van der Waals surface area (Å²) in [5.41, 5.74) is -0.0794. The van der Waals surface area contributed by atoms with Crippen molar-refractivity contribution in [2.45, 2.75) is 19.4 Å². The summed E-state index contributed by atoms with van der Waals surface area (Å²) in [5, 5.41) is 10.1. The molecule has 1 atom stereocenters. The number of ether oxygens (including phenoxy) is 1. The lowest BCUT2D eigenvalue weighted by Gasteiger charge is -2.24. The molecule has 1 aromatic rings. The van der Waals surface area contributed by atoms with E-state index in [0.717, 1.165) is 10.0 Å². The topological polar surface area (TPSA) is 29.5 Å². The molecule has 0 aliphatic carbocycles. The fraction of sp³-hybridized carbons (Fsp3) is 0.455. The molecule has 2 nitrogen and oxygen atoms in total. The van der Waals surface area contributed by atoms with E-state index in [4.69, 9.17) is 4.74 Å². The summed E-state index contributed by atoms with van der Waals surface area (Å²) >= 11 is 3.41. The first-order valence-corrected chi connectivity index (χ1v) is 5.42. The summed E-state index contributed by atoms with van der Waals surface area (Å²) in [4.78, 5) is 0. The molecule has 0 spiro atoms.